The van der Waals surface area contributed by atoms with E-state index in [0.29, 0.717) is 18.2 Å². The molecule has 0 aromatic heterocycles. The SMILES string of the molecule is CC(SCC(=O)Nc1ccc(F)cc1)C(=O)N1C[C@H](C(=O)O)[C@@H](C2CC2)C1. The second kappa shape index (κ2) is 8.29. The van der Waals surface area contributed by atoms with Gasteiger partial charge in [-0.3, -0.25) is 14.4 Å². The molecule has 2 fully saturated rings. The number of nitrogens with zero attached hydrogens (tertiary/aromatic N) is 1. The third-order valence-corrected chi connectivity index (χ3v) is 6.29. The van der Waals surface area contributed by atoms with Gasteiger partial charge in [-0.2, -0.15) is 0 Å². The second-order valence-electron chi connectivity index (χ2n) is 7.20. The van der Waals surface area contributed by atoms with E-state index in [0.717, 1.165) is 12.8 Å². The normalized spacial score (nSPS) is 23.1. The number of halogens is 1. The van der Waals surface area contributed by atoms with E-state index in [1.54, 1.807) is 11.8 Å². The zero-order valence-corrected chi connectivity index (χ0v) is 15.9. The summed E-state index contributed by atoms with van der Waals surface area (Å²) in [6.07, 6.45) is 2.09. The molecule has 146 valence electrons. The van der Waals surface area contributed by atoms with Crippen LogP contribution >= 0.6 is 11.8 Å². The number of amides is 2. The zero-order valence-electron chi connectivity index (χ0n) is 15.1. The number of carbonyl (C=O) groups excluding carboxylic acids is 2. The summed E-state index contributed by atoms with van der Waals surface area (Å²) < 4.78 is 12.9. The monoisotopic (exact) mass is 394 g/mol. The van der Waals surface area contributed by atoms with Gasteiger partial charge in [-0.15, -0.1) is 11.8 Å². The third kappa shape index (κ3) is 5.00. The Balaban J connectivity index is 1.48. The minimum Gasteiger partial charge on any atom is -0.481 e. The largest absolute Gasteiger partial charge is 0.481 e. The number of carboxylic acid groups (broad SMARTS) is 1. The second-order valence-corrected chi connectivity index (χ2v) is 8.53. The summed E-state index contributed by atoms with van der Waals surface area (Å²) in [6.45, 7) is 2.48. The van der Waals surface area contributed by atoms with Gasteiger partial charge >= 0.3 is 5.97 Å². The Kier molecular flexibility index (Phi) is 6.04. The van der Waals surface area contributed by atoms with Crippen LogP contribution in [0.5, 0.6) is 0 Å². The summed E-state index contributed by atoms with van der Waals surface area (Å²) in [7, 11) is 0. The lowest BCUT2D eigenvalue weighted by molar-refractivity contribution is -0.142. The van der Waals surface area contributed by atoms with Crippen LogP contribution in [-0.4, -0.2) is 51.9 Å². The molecular formula is C19H23FN2O4S. The Labute approximate surface area is 161 Å². The predicted molar refractivity (Wildman–Crippen MR) is 101 cm³/mol. The molecule has 8 heteroatoms. The molecule has 1 saturated carbocycles. The van der Waals surface area contributed by atoms with Gasteiger partial charge in [-0.05, 0) is 55.9 Å². The highest BCUT2D eigenvalue weighted by molar-refractivity contribution is 8.01. The van der Waals surface area contributed by atoms with Crippen LogP contribution in [0.4, 0.5) is 10.1 Å². The molecule has 0 bridgehead atoms. The number of rotatable bonds is 7. The molecular weight excluding hydrogens is 371 g/mol. The minimum atomic E-state index is -0.832. The molecule has 2 N–H and O–H groups in total. The Morgan fingerprint density at radius 2 is 1.93 bits per heavy atom. The summed E-state index contributed by atoms with van der Waals surface area (Å²) in [5, 5.41) is 11.6. The van der Waals surface area contributed by atoms with Crippen molar-refractivity contribution in [3.8, 4) is 0 Å². The number of likely N-dealkylation sites (tertiary alicyclic amines) is 1. The highest BCUT2D eigenvalue weighted by atomic mass is 32.2. The molecule has 2 aliphatic rings. The standard InChI is InChI=1S/C19H23FN2O4S/c1-11(27-10-17(23)21-14-6-4-13(20)5-7-14)18(24)22-8-15(12-2-3-12)16(9-22)19(25)26/h4-7,11-12,15-16H,2-3,8-10H2,1H3,(H,21,23)(H,25,26)/t11?,15-,16+/m1/s1. The van der Waals surface area contributed by atoms with Gasteiger partial charge < -0.3 is 15.3 Å². The van der Waals surface area contributed by atoms with E-state index in [1.807, 2.05) is 0 Å². The first-order chi connectivity index (χ1) is 12.8. The molecule has 27 heavy (non-hydrogen) atoms. The molecule has 3 atom stereocenters. The number of carbonyl (C=O) groups is 3. The molecule has 6 nitrogen and oxygen atoms in total. The van der Waals surface area contributed by atoms with Gasteiger partial charge in [0, 0.05) is 18.8 Å². The van der Waals surface area contributed by atoms with Gasteiger partial charge in [0.15, 0.2) is 0 Å². The van der Waals surface area contributed by atoms with Gasteiger partial charge in [0.1, 0.15) is 5.82 Å². The number of anilines is 1. The average Bonchev–Trinajstić information content (AvgIpc) is 3.39. The van der Waals surface area contributed by atoms with E-state index < -0.39 is 17.1 Å². The quantitative estimate of drug-likeness (QED) is 0.742. The van der Waals surface area contributed by atoms with Crippen LogP contribution in [0.25, 0.3) is 0 Å². The van der Waals surface area contributed by atoms with Gasteiger partial charge in [0.25, 0.3) is 0 Å². The van der Waals surface area contributed by atoms with Crippen LogP contribution < -0.4 is 5.32 Å². The molecule has 0 spiro atoms. The van der Waals surface area contributed by atoms with Crippen LogP contribution in [0.2, 0.25) is 0 Å². The summed E-state index contributed by atoms with van der Waals surface area (Å²) in [6, 6.07) is 5.47. The Morgan fingerprint density at radius 1 is 1.26 bits per heavy atom. The summed E-state index contributed by atoms with van der Waals surface area (Å²) in [5.41, 5.74) is 0.497. The number of carboxylic acids is 1. The van der Waals surface area contributed by atoms with E-state index in [4.69, 9.17) is 0 Å². The van der Waals surface area contributed by atoms with E-state index in [2.05, 4.69) is 5.32 Å². The van der Waals surface area contributed by atoms with E-state index in [1.165, 1.54) is 36.0 Å². The lowest BCUT2D eigenvalue weighted by Gasteiger charge is -2.20. The van der Waals surface area contributed by atoms with Crippen molar-refractivity contribution in [3.05, 3.63) is 30.1 Å². The van der Waals surface area contributed by atoms with Crippen molar-refractivity contribution in [2.75, 3.05) is 24.2 Å². The highest BCUT2D eigenvalue weighted by Gasteiger charge is 2.47. The van der Waals surface area contributed by atoms with Crippen molar-refractivity contribution in [1.29, 1.82) is 0 Å². The first-order valence-electron chi connectivity index (χ1n) is 9.03. The van der Waals surface area contributed by atoms with Gasteiger partial charge in [-0.25, -0.2) is 4.39 Å². The summed E-state index contributed by atoms with van der Waals surface area (Å²) in [4.78, 5) is 37.8. The van der Waals surface area contributed by atoms with Crippen LogP contribution in [0.1, 0.15) is 19.8 Å². The maximum atomic E-state index is 12.9. The lowest BCUT2D eigenvalue weighted by atomic mass is 9.92. The predicted octanol–water partition coefficient (Wildman–Crippen LogP) is 2.46. The van der Waals surface area contributed by atoms with Gasteiger partial charge in [0.2, 0.25) is 11.8 Å². The first kappa shape index (κ1) is 19.7. The first-order valence-corrected chi connectivity index (χ1v) is 10.1. The van der Waals surface area contributed by atoms with Crippen molar-refractivity contribution in [2.45, 2.75) is 25.0 Å². The number of hydrogen-bond acceptors (Lipinski definition) is 4. The van der Waals surface area contributed by atoms with E-state index in [-0.39, 0.29) is 35.8 Å². The molecule has 1 saturated heterocycles. The topological polar surface area (TPSA) is 86.7 Å². The fraction of sp³-hybridized carbons (Fsp3) is 0.526. The smallest absolute Gasteiger partial charge is 0.308 e. The van der Waals surface area contributed by atoms with Crippen molar-refractivity contribution >= 4 is 35.2 Å². The Morgan fingerprint density at radius 3 is 2.52 bits per heavy atom. The number of nitrogens with one attached hydrogen (secondary N) is 1. The van der Waals surface area contributed by atoms with Crippen LogP contribution in [-0.2, 0) is 14.4 Å². The number of hydrogen-bond donors (Lipinski definition) is 2. The molecule has 2 amide bonds. The van der Waals surface area contributed by atoms with Crippen molar-refractivity contribution < 1.29 is 23.9 Å². The Hall–Kier alpha value is -2.09. The maximum Gasteiger partial charge on any atom is 0.308 e. The zero-order chi connectivity index (χ0) is 19.6. The molecule has 1 aromatic rings. The van der Waals surface area contributed by atoms with Crippen molar-refractivity contribution in [1.82, 2.24) is 4.90 Å². The third-order valence-electron chi connectivity index (χ3n) is 5.16. The lowest BCUT2D eigenvalue weighted by Crippen LogP contribution is -2.36. The molecule has 1 unspecified atom stereocenters. The van der Waals surface area contributed by atoms with Crippen LogP contribution in [0.15, 0.2) is 24.3 Å². The highest BCUT2D eigenvalue weighted by Crippen LogP contribution is 2.44. The number of thioether (sulfide) groups is 1. The van der Waals surface area contributed by atoms with Crippen LogP contribution in [0, 0.1) is 23.6 Å². The maximum absolute atomic E-state index is 12.9. The molecule has 3 rings (SSSR count). The summed E-state index contributed by atoms with van der Waals surface area (Å²) >= 11 is 1.21. The average molecular weight is 394 g/mol. The Bertz CT molecular complexity index is 723. The van der Waals surface area contributed by atoms with Gasteiger partial charge in [0.05, 0.1) is 16.9 Å². The number of benzene rings is 1. The van der Waals surface area contributed by atoms with Crippen LogP contribution in [0.3, 0.4) is 0 Å². The van der Waals surface area contributed by atoms with Crippen molar-refractivity contribution in [3.63, 3.8) is 0 Å². The molecule has 1 heterocycles. The molecule has 1 aliphatic heterocycles. The van der Waals surface area contributed by atoms with Gasteiger partial charge in [-0.1, -0.05) is 0 Å². The molecule has 1 aromatic carbocycles. The van der Waals surface area contributed by atoms with Crippen molar-refractivity contribution in [2.24, 2.45) is 17.8 Å². The fourth-order valence-electron chi connectivity index (χ4n) is 3.53. The van der Waals surface area contributed by atoms with E-state index in [9.17, 15) is 23.9 Å². The van der Waals surface area contributed by atoms with E-state index >= 15 is 0 Å². The molecule has 1 aliphatic carbocycles. The number of aliphatic carboxylic acids is 1. The summed E-state index contributed by atoms with van der Waals surface area (Å²) in [5.74, 6) is -1.53. The minimum absolute atomic E-state index is 0.0467. The fourth-order valence-corrected chi connectivity index (χ4v) is 4.30. The molecule has 0 radical (unpaired) electrons.